The number of nitrogens with zero attached hydrogens (tertiary/aromatic N) is 2. The second-order valence-corrected chi connectivity index (χ2v) is 5.76. The van der Waals surface area contributed by atoms with Crippen LogP contribution in [0.25, 0.3) is 0 Å². The van der Waals surface area contributed by atoms with Crippen LogP contribution in [0.15, 0.2) is 24.3 Å². The lowest BCUT2D eigenvalue weighted by atomic mass is 9.87. The van der Waals surface area contributed by atoms with Gasteiger partial charge >= 0.3 is 0 Å². The van der Waals surface area contributed by atoms with Crippen LogP contribution in [0.3, 0.4) is 0 Å². The number of hydrogen-bond acceptors (Lipinski definition) is 3. The van der Waals surface area contributed by atoms with Gasteiger partial charge in [0.15, 0.2) is 0 Å². The molecule has 1 atom stereocenters. The average molecular weight is 268 g/mol. The Morgan fingerprint density at radius 3 is 2.83 bits per heavy atom. The van der Waals surface area contributed by atoms with Gasteiger partial charge in [-0.3, -0.25) is 0 Å². The summed E-state index contributed by atoms with van der Waals surface area (Å²) in [5, 5.41) is 0.793. The van der Waals surface area contributed by atoms with E-state index in [0.29, 0.717) is 6.54 Å². The summed E-state index contributed by atoms with van der Waals surface area (Å²) in [6.45, 7) is 2.74. The number of hydrogen-bond donors (Lipinski definition) is 1. The Morgan fingerprint density at radius 2 is 2.22 bits per heavy atom. The molecule has 1 aromatic carbocycles. The molecule has 1 aliphatic rings. The van der Waals surface area contributed by atoms with Crippen LogP contribution in [-0.2, 0) is 0 Å². The predicted octanol–water partition coefficient (Wildman–Crippen LogP) is 2.20. The average Bonchev–Trinajstić information content (AvgIpc) is 2.38. The molecule has 18 heavy (non-hydrogen) atoms. The molecule has 0 radical (unpaired) electrons. The van der Waals surface area contributed by atoms with Gasteiger partial charge in [-0.2, -0.15) is 0 Å². The van der Waals surface area contributed by atoms with E-state index in [1.807, 2.05) is 18.2 Å². The summed E-state index contributed by atoms with van der Waals surface area (Å²) in [6.07, 6.45) is 2.33. The summed E-state index contributed by atoms with van der Waals surface area (Å²) in [6, 6.07) is 8.07. The largest absolute Gasteiger partial charge is 0.370 e. The lowest BCUT2D eigenvalue weighted by Crippen LogP contribution is -2.60. The van der Waals surface area contributed by atoms with Gasteiger partial charge in [0.1, 0.15) is 0 Å². The number of nitrogens with two attached hydrogens (primary N) is 1. The number of benzene rings is 1. The van der Waals surface area contributed by atoms with E-state index in [1.54, 1.807) is 0 Å². The van der Waals surface area contributed by atoms with E-state index >= 15 is 0 Å². The minimum Gasteiger partial charge on any atom is -0.370 e. The Labute approximate surface area is 115 Å². The molecule has 1 heterocycles. The van der Waals surface area contributed by atoms with Crippen LogP contribution < -0.4 is 10.6 Å². The zero-order chi connectivity index (χ0) is 13.2. The summed E-state index contributed by atoms with van der Waals surface area (Å²) >= 11 is 6.07. The van der Waals surface area contributed by atoms with E-state index in [-0.39, 0.29) is 5.54 Å². The van der Waals surface area contributed by atoms with Crippen LogP contribution in [0.1, 0.15) is 12.8 Å². The van der Waals surface area contributed by atoms with Gasteiger partial charge in [0.25, 0.3) is 0 Å². The molecule has 1 unspecified atom stereocenters. The molecule has 4 heteroatoms. The van der Waals surface area contributed by atoms with Crippen molar-refractivity contribution in [1.29, 1.82) is 0 Å². The van der Waals surface area contributed by atoms with Crippen molar-refractivity contribution in [3.8, 4) is 0 Å². The third-order valence-corrected chi connectivity index (χ3v) is 4.29. The zero-order valence-electron chi connectivity index (χ0n) is 11.2. The van der Waals surface area contributed by atoms with E-state index in [4.69, 9.17) is 17.3 Å². The monoisotopic (exact) mass is 267 g/mol. The quantitative estimate of drug-likeness (QED) is 0.911. The van der Waals surface area contributed by atoms with E-state index in [2.05, 4.69) is 30.0 Å². The van der Waals surface area contributed by atoms with Crippen molar-refractivity contribution in [2.45, 2.75) is 18.4 Å². The Hall–Kier alpha value is -0.770. The van der Waals surface area contributed by atoms with E-state index in [1.165, 1.54) is 12.1 Å². The molecule has 0 saturated carbocycles. The van der Waals surface area contributed by atoms with Gasteiger partial charge in [0, 0.05) is 30.3 Å². The van der Waals surface area contributed by atoms with Crippen LogP contribution in [0.2, 0.25) is 5.02 Å². The fourth-order valence-corrected chi connectivity index (χ4v) is 2.90. The molecule has 0 bridgehead atoms. The Balaban J connectivity index is 2.20. The van der Waals surface area contributed by atoms with Crippen molar-refractivity contribution in [2.24, 2.45) is 5.73 Å². The number of piperidine rings is 1. The highest BCUT2D eigenvalue weighted by Crippen LogP contribution is 2.29. The summed E-state index contributed by atoms with van der Waals surface area (Å²) in [5.74, 6) is 0. The maximum atomic E-state index is 6.07. The molecule has 1 saturated heterocycles. The molecule has 0 aromatic heterocycles. The van der Waals surface area contributed by atoms with Gasteiger partial charge in [0.2, 0.25) is 0 Å². The topological polar surface area (TPSA) is 32.5 Å². The third-order valence-electron chi connectivity index (χ3n) is 4.06. The zero-order valence-corrected chi connectivity index (χ0v) is 12.0. The normalized spacial score (nSPS) is 24.6. The molecule has 2 rings (SSSR count). The number of halogens is 1. The first-order chi connectivity index (χ1) is 8.57. The van der Waals surface area contributed by atoms with Crippen molar-refractivity contribution in [3.63, 3.8) is 0 Å². The SMILES string of the molecule is CN(C)C1(CN)CCCN(c2cccc(Cl)c2)C1. The molecule has 1 aliphatic heterocycles. The van der Waals surface area contributed by atoms with Gasteiger partial charge in [-0.15, -0.1) is 0 Å². The molecular weight excluding hydrogens is 246 g/mol. The van der Waals surface area contributed by atoms with Gasteiger partial charge in [-0.05, 0) is 45.1 Å². The number of likely N-dealkylation sites (N-methyl/N-ethyl adjacent to an activating group) is 1. The van der Waals surface area contributed by atoms with Crippen molar-refractivity contribution < 1.29 is 0 Å². The van der Waals surface area contributed by atoms with Gasteiger partial charge < -0.3 is 15.5 Å². The summed E-state index contributed by atoms with van der Waals surface area (Å²) in [7, 11) is 4.24. The molecule has 100 valence electrons. The van der Waals surface area contributed by atoms with Crippen LogP contribution in [-0.4, -0.2) is 44.2 Å². The highest BCUT2D eigenvalue weighted by Gasteiger charge is 2.36. The fraction of sp³-hybridized carbons (Fsp3) is 0.571. The highest BCUT2D eigenvalue weighted by atomic mass is 35.5. The number of anilines is 1. The molecule has 3 nitrogen and oxygen atoms in total. The van der Waals surface area contributed by atoms with Crippen molar-refractivity contribution in [2.75, 3.05) is 38.6 Å². The minimum atomic E-state index is 0.0839. The van der Waals surface area contributed by atoms with Gasteiger partial charge in [-0.1, -0.05) is 17.7 Å². The highest BCUT2D eigenvalue weighted by molar-refractivity contribution is 6.30. The first-order valence-corrected chi connectivity index (χ1v) is 6.83. The van der Waals surface area contributed by atoms with E-state index in [9.17, 15) is 0 Å². The van der Waals surface area contributed by atoms with Crippen LogP contribution in [0.5, 0.6) is 0 Å². The second-order valence-electron chi connectivity index (χ2n) is 5.33. The molecule has 1 aromatic rings. The van der Waals surface area contributed by atoms with Gasteiger partial charge in [-0.25, -0.2) is 0 Å². The Bertz CT molecular complexity index is 408. The molecule has 1 fully saturated rings. The Kier molecular flexibility index (Phi) is 4.15. The van der Waals surface area contributed by atoms with E-state index < -0.39 is 0 Å². The Morgan fingerprint density at radius 1 is 1.44 bits per heavy atom. The van der Waals surface area contributed by atoms with Crippen LogP contribution >= 0.6 is 11.6 Å². The molecule has 0 spiro atoms. The molecular formula is C14H22ClN3. The lowest BCUT2D eigenvalue weighted by molar-refractivity contribution is 0.135. The van der Waals surface area contributed by atoms with Crippen LogP contribution in [0, 0.1) is 0 Å². The smallest absolute Gasteiger partial charge is 0.0501 e. The lowest BCUT2D eigenvalue weighted by Gasteiger charge is -2.47. The van der Waals surface area contributed by atoms with Crippen molar-refractivity contribution in [1.82, 2.24) is 4.90 Å². The number of rotatable bonds is 3. The molecule has 2 N–H and O–H groups in total. The third kappa shape index (κ3) is 2.63. The standard InChI is InChI=1S/C14H22ClN3/c1-17(2)14(10-16)7-4-8-18(11-14)13-6-3-5-12(15)9-13/h3,5-6,9H,4,7-8,10-11,16H2,1-2H3. The van der Waals surface area contributed by atoms with Crippen LogP contribution in [0.4, 0.5) is 5.69 Å². The van der Waals surface area contributed by atoms with Crippen molar-refractivity contribution >= 4 is 17.3 Å². The van der Waals surface area contributed by atoms with Gasteiger partial charge in [0.05, 0.1) is 5.54 Å². The van der Waals surface area contributed by atoms with Crippen molar-refractivity contribution in [3.05, 3.63) is 29.3 Å². The minimum absolute atomic E-state index is 0.0839. The summed E-state index contributed by atoms with van der Waals surface area (Å²) in [5.41, 5.74) is 7.30. The maximum Gasteiger partial charge on any atom is 0.0501 e. The fourth-order valence-electron chi connectivity index (χ4n) is 2.72. The molecule has 0 aliphatic carbocycles. The maximum absolute atomic E-state index is 6.07. The first kappa shape index (κ1) is 13.7. The first-order valence-electron chi connectivity index (χ1n) is 6.45. The summed E-state index contributed by atoms with van der Waals surface area (Å²) in [4.78, 5) is 4.66. The van der Waals surface area contributed by atoms with E-state index in [0.717, 1.165) is 24.5 Å². The predicted molar refractivity (Wildman–Crippen MR) is 78.4 cm³/mol. The molecule has 0 amide bonds. The second kappa shape index (κ2) is 5.47. The summed E-state index contributed by atoms with van der Waals surface area (Å²) < 4.78 is 0.